The lowest BCUT2D eigenvalue weighted by Gasteiger charge is -2.23. The van der Waals surface area contributed by atoms with Crippen LogP contribution < -0.4 is 10.6 Å². The van der Waals surface area contributed by atoms with Gasteiger partial charge in [-0.05, 0) is 42.0 Å². The molecule has 3 atom stereocenters. The van der Waals surface area contributed by atoms with Gasteiger partial charge in [0.25, 0.3) is 0 Å². The van der Waals surface area contributed by atoms with Crippen molar-refractivity contribution in [2.75, 3.05) is 20.3 Å². The molecule has 3 unspecified atom stereocenters. The molecular formula is C26H32N2O6. The lowest BCUT2D eigenvalue weighted by molar-refractivity contribution is -0.142. The van der Waals surface area contributed by atoms with Crippen molar-refractivity contribution in [3.8, 4) is 11.1 Å². The normalized spacial score (nSPS) is 14.9. The maximum Gasteiger partial charge on any atom is 0.407 e. The fourth-order valence-electron chi connectivity index (χ4n) is 4.17. The van der Waals surface area contributed by atoms with Gasteiger partial charge >= 0.3 is 12.1 Å². The number of rotatable bonds is 11. The largest absolute Gasteiger partial charge is 0.480 e. The van der Waals surface area contributed by atoms with Gasteiger partial charge in [-0.3, -0.25) is 4.79 Å². The molecule has 2 amide bonds. The molecule has 2 aromatic rings. The van der Waals surface area contributed by atoms with Crippen molar-refractivity contribution in [1.82, 2.24) is 10.6 Å². The minimum absolute atomic E-state index is 0.0578. The zero-order valence-corrected chi connectivity index (χ0v) is 19.7. The van der Waals surface area contributed by atoms with Gasteiger partial charge < -0.3 is 25.2 Å². The molecule has 0 radical (unpaired) electrons. The first-order chi connectivity index (χ1) is 16.3. The third-order valence-corrected chi connectivity index (χ3v) is 6.31. The Morgan fingerprint density at radius 2 is 1.56 bits per heavy atom. The summed E-state index contributed by atoms with van der Waals surface area (Å²) in [5, 5.41) is 14.6. The molecule has 182 valence electrons. The van der Waals surface area contributed by atoms with Crippen LogP contribution in [0.3, 0.4) is 0 Å². The fraction of sp³-hybridized carbons (Fsp3) is 0.423. The van der Waals surface area contributed by atoms with Crippen LogP contribution >= 0.6 is 0 Å². The molecule has 0 spiro atoms. The monoisotopic (exact) mass is 468 g/mol. The lowest BCUT2D eigenvalue weighted by atomic mass is 9.98. The van der Waals surface area contributed by atoms with E-state index in [1.807, 2.05) is 36.4 Å². The van der Waals surface area contributed by atoms with E-state index < -0.39 is 36.0 Å². The van der Waals surface area contributed by atoms with Gasteiger partial charge in [0.15, 0.2) is 0 Å². The van der Waals surface area contributed by atoms with Crippen LogP contribution in [0.15, 0.2) is 48.5 Å². The number of carbonyl (C=O) groups excluding carboxylic acids is 2. The standard InChI is InChI=1S/C26H32N2O6/c1-16(24(29)28-23(25(30)31)13-8-14-33-3)17(2)27-26(32)34-15-22-20-11-6-4-9-18(20)19-10-5-7-12-21(19)22/h4-7,9-12,16-17,22-23H,8,13-15H2,1-3H3,(H,27,32)(H,28,29)(H,30,31). The van der Waals surface area contributed by atoms with Crippen LogP contribution in [0.4, 0.5) is 4.79 Å². The van der Waals surface area contributed by atoms with Gasteiger partial charge in [-0.25, -0.2) is 9.59 Å². The summed E-state index contributed by atoms with van der Waals surface area (Å²) in [6.07, 6.45) is 0.148. The predicted octanol–water partition coefficient (Wildman–Crippen LogP) is 3.55. The molecule has 3 rings (SSSR count). The SMILES string of the molecule is COCCCC(NC(=O)C(C)C(C)NC(=O)OCC1c2ccccc2-c2ccccc21)C(=O)O. The van der Waals surface area contributed by atoms with Crippen molar-refractivity contribution < 1.29 is 29.0 Å². The van der Waals surface area contributed by atoms with Crippen LogP contribution in [0, 0.1) is 5.92 Å². The van der Waals surface area contributed by atoms with Gasteiger partial charge in [0, 0.05) is 25.7 Å². The summed E-state index contributed by atoms with van der Waals surface area (Å²) in [5.41, 5.74) is 4.52. The second kappa shape index (κ2) is 11.7. The smallest absolute Gasteiger partial charge is 0.407 e. The molecule has 34 heavy (non-hydrogen) atoms. The van der Waals surface area contributed by atoms with E-state index in [4.69, 9.17) is 9.47 Å². The topological polar surface area (TPSA) is 114 Å². The Morgan fingerprint density at radius 3 is 2.12 bits per heavy atom. The molecule has 0 saturated heterocycles. The molecule has 0 aliphatic heterocycles. The van der Waals surface area contributed by atoms with Crippen LogP contribution in [-0.2, 0) is 19.1 Å². The van der Waals surface area contributed by atoms with Crippen molar-refractivity contribution in [2.24, 2.45) is 5.92 Å². The number of methoxy groups -OCH3 is 1. The number of carboxylic acid groups (broad SMARTS) is 1. The summed E-state index contributed by atoms with van der Waals surface area (Å²) in [6.45, 7) is 3.91. The average Bonchev–Trinajstić information content (AvgIpc) is 3.15. The highest BCUT2D eigenvalue weighted by molar-refractivity contribution is 5.85. The molecule has 8 nitrogen and oxygen atoms in total. The first-order valence-electron chi connectivity index (χ1n) is 11.5. The number of ether oxygens (including phenoxy) is 2. The van der Waals surface area contributed by atoms with E-state index in [0.29, 0.717) is 13.0 Å². The highest BCUT2D eigenvalue weighted by Crippen LogP contribution is 2.44. The van der Waals surface area contributed by atoms with Gasteiger partial charge in [-0.2, -0.15) is 0 Å². The summed E-state index contributed by atoms with van der Waals surface area (Å²) in [7, 11) is 1.53. The van der Waals surface area contributed by atoms with Crippen LogP contribution in [-0.4, -0.2) is 55.5 Å². The third kappa shape index (κ3) is 5.94. The van der Waals surface area contributed by atoms with E-state index >= 15 is 0 Å². The number of aliphatic carboxylic acids is 1. The van der Waals surface area contributed by atoms with Crippen molar-refractivity contribution in [3.63, 3.8) is 0 Å². The highest BCUT2D eigenvalue weighted by Gasteiger charge is 2.30. The van der Waals surface area contributed by atoms with E-state index in [0.717, 1.165) is 22.3 Å². The molecule has 0 aromatic heterocycles. The van der Waals surface area contributed by atoms with Crippen LogP contribution in [0.25, 0.3) is 11.1 Å². The molecule has 0 heterocycles. The van der Waals surface area contributed by atoms with Crippen molar-refractivity contribution in [3.05, 3.63) is 59.7 Å². The van der Waals surface area contributed by atoms with Gasteiger partial charge in [-0.15, -0.1) is 0 Å². The Morgan fingerprint density at radius 1 is 0.971 bits per heavy atom. The summed E-state index contributed by atoms with van der Waals surface area (Å²) >= 11 is 0. The number of nitrogens with one attached hydrogen (secondary N) is 2. The van der Waals surface area contributed by atoms with Crippen molar-refractivity contribution in [2.45, 2.75) is 44.7 Å². The molecular weight excluding hydrogens is 436 g/mol. The van der Waals surface area contributed by atoms with E-state index in [9.17, 15) is 19.5 Å². The van der Waals surface area contributed by atoms with Gasteiger partial charge in [0.05, 0.1) is 5.92 Å². The number of hydrogen-bond donors (Lipinski definition) is 3. The average molecular weight is 469 g/mol. The Hall–Kier alpha value is -3.39. The molecule has 1 aliphatic rings. The first-order valence-corrected chi connectivity index (χ1v) is 11.5. The summed E-state index contributed by atoms with van der Waals surface area (Å²) in [6, 6.07) is 14.6. The van der Waals surface area contributed by atoms with E-state index in [1.54, 1.807) is 13.8 Å². The Labute approximate surface area is 199 Å². The Bertz CT molecular complexity index is 978. The quantitative estimate of drug-likeness (QED) is 0.435. The van der Waals surface area contributed by atoms with Crippen LogP contribution in [0.5, 0.6) is 0 Å². The van der Waals surface area contributed by atoms with Crippen molar-refractivity contribution in [1.29, 1.82) is 0 Å². The zero-order chi connectivity index (χ0) is 24.7. The molecule has 0 saturated carbocycles. The maximum absolute atomic E-state index is 12.6. The zero-order valence-electron chi connectivity index (χ0n) is 19.7. The number of carboxylic acids is 1. The number of fused-ring (bicyclic) bond motifs is 3. The maximum atomic E-state index is 12.6. The van der Waals surface area contributed by atoms with E-state index in [2.05, 4.69) is 22.8 Å². The van der Waals surface area contributed by atoms with E-state index in [-0.39, 0.29) is 18.9 Å². The molecule has 3 N–H and O–H groups in total. The number of benzene rings is 2. The van der Waals surface area contributed by atoms with Crippen LogP contribution in [0.2, 0.25) is 0 Å². The highest BCUT2D eigenvalue weighted by atomic mass is 16.5. The summed E-state index contributed by atoms with van der Waals surface area (Å²) in [5.74, 6) is -2.26. The van der Waals surface area contributed by atoms with Crippen LogP contribution in [0.1, 0.15) is 43.7 Å². The first kappa shape index (κ1) is 25.2. The minimum Gasteiger partial charge on any atom is -0.480 e. The van der Waals surface area contributed by atoms with Gasteiger partial charge in [0.1, 0.15) is 12.6 Å². The third-order valence-electron chi connectivity index (χ3n) is 6.31. The predicted molar refractivity (Wildman–Crippen MR) is 128 cm³/mol. The molecule has 0 bridgehead atoms. The van der Waals surface area contributed by atoms with Gasteiger partial charge in [0.2, 0.25) is 5.91 Å². The molecule has 8 heteroatoms. The fourth-order valence-corrected chi connectivity index (χ4v) is 4.17. The number of hydrogen-bond acceptors (Lipinski definition) is 5. The van der Waals surface area contributed by atoms with E-state index in [1.165, 1.54) is 7.11 Å². The van der Waals surface area contributed by atoms with Crippen molar-refractivity contribution >= 4 is 18.0 Å². The summed E-state index contributed by atoms with van der Waals surface area (Å²) < 4.78 is 10.5. The molecule has 1 aliphatic carbocycles. The van der Waals surface area contributed by atoms with Gasteiger partial charge in [-0.1, -0.05) is 55.5 Å². The Balaban J connectivity index is 1.54. The Kier molecular flexibility index (Phi) is 8.65. The second-order valence-electron chi connectivity index (χ2n) is 8.58. The number of alkyl carbamates (subject to hydrolysis) is 1. The molecule has 2 aromatic carbocycles. The molecule has 0 fully saturated rings. The second-order valence-corrected chi connectivity index (χ2v) is 8.58. The summed E-state index contributed by atoms with van der Waals surface area (Å²) in [4.78, 5) is 36.5. The number of carbonyl (C=O) groups is 3. The number of amides is 2. The lowest BCUT2D eigenvalue weighted by Crippen LogP contribution is -2.49. The minimum atomic E-state index is -1.10.